The zero-order chi connectivity index (χ0) is 11.4. The largest absolute Gasteiger partial charge is 0.453 e. The molecule has 2 amide bonds. The Morgan fingerprint density at radius 1 is 1.20 bits per heavy atom. The number of carbonyl (C=O) groups is 2. The summed E-state index contributed by atoms with van der Waals surface area (Å²) in [4.78, 5) is 25.9. The van der Waals surface area contributed by atoms with Crippen LogP contribution in [-0.4, -0.2) is 61.1 Å². The number of nitrogens with two attached hydrogens (primary N) is 1. The summed E-state index contributed by atoms with van der Waals surface area (Å²) in [6.07, 6.45) is -0.345. The molecule has 86 valence electrons. The lowest BCUT2D eigenvalue weighted by Gasteiger charge is -2.34. The van der Waals surface area contributed by atoms with E-state index in [-0.39, 0.29) is 12.0 Å². The molecule has 0 aromatic rings. The second-order valence-corrected chi connectivity index (χ2v) is 3.57. The van der Waals surface area contributed by atoms with Gasteiger partial charge in [0.2, 0.25) is 5.91 Å². The Kier molecular flexibility index (Phi) is 3.90. The smallest absolute Gasteiger partial charge is 0.409 e. The topological polar surface area (TPSA) is 75.9 Å². The van der Waals surface area contributed by atoms with Crippen molar-refractivity contribution >= 4 is 12.0 Å². The van der Waals surface area contributed by atoms with Crippen LogP contribution in [-0.2, 0) is 9.53 Å². The van der Waals surface area contributed by atoms with Crippen LogP contribution in [0.4, 0.5) is 4.79 Å². The Balaban J connectivity index is 2.42. The predicted molar refractivity (Wildman–Crippen MR) is 54.2 cm³/mol. The van der Waals surface area contributed by atoms with Gasteiger partial charge in [-0.25, -0.2) is 4.79 Å². The minimum Gasteiger partial charge on any atom is -0.453 e. The lowest BCUT2D eigenvalue weighted by Crippen LogP contribution is -2.53. The minimum absolute atomic E-state index is 0.0699. The van der Waals surface area contributed by atoms with Gasteiger partial charge in [-0.3, -0.25) is 4.79 Å². The van der Waals surface area contributed by atoms with Gasteiger partial charge in [0.15, 0.2) is 0 Å². The summed E-state index contributed by atoms with van der Waals surface area (Å²) in [6.45, 7) is 3.72. The maximum absolute atomic E-state index is 11.5. The number of piperazine rings is 1. The fourth-order valence-electron chi connectivity index (χ4n) is 1.53. The van der Waals surface area contributed by atoms with Crippen LogP contribution in [0.3, 0.4) is 0 Å². The summed E-state index contributed by atoms with van der Waals surface area (Å²) < 4.78 is 4.59. The molecule has 1 aliphatic heterocycles. The molecule has 1 aliphatic rings. The molecule has 0 radical (unpaired) electrons. The molecule has 0 saturated carbocycles. The molecule has 0 spiro atoms. The highest BCUT2D eigenvalue weighted by Crippen LogP contribution is 2.04. The average molecular weight is 215 g/mol. The number of rotatable bonds is 1. The molecule has 1 rings (SSSR count). The Hall–Kier alpha value is -1.30. The van der Waals surface area contributed by atoms with Gasteiger partial charge in [-0.05, 0) is 6.92 Å². The molecule has 0 aliphatic carbocycles. The Morgan fingerprint density at radius 2 is 1.67 bits per heavy atom. The molecule has 1 saturated heterocycles. The van der Waals surface area contributed by atoms with E-state index >= 15 is 0 Å². The van der Waals surface area contributed by atoms with Crippen LogP contribution in [0.2, 0.25) is 0 Å². The van der Waals surface area contributed by atoms with Gasteiger partial charge < -0.3 is 20.3 Å². The molecule has 1 heterocycles. The van der Waals surface area contributed by atoms with E-state index in [0.717, 1.165) is 0 Å². The van der Waals surface area contributed by atoms with Gasteiger partial charge in [-0.1, -0.05) is 0 Å². The molecular formula is C9H17N3O3. The third-order valence-corrected chi connectivity index (χ3v) is 2.41. The monoisotopic (exact) mass is 215 g/mol. The van der Waals surface area contributed by atoms with Crippen LogP contribution in [0.1, 0.15) is 6.92 Å². The molecule has 6 nitrogen and oxygen atoms in total. The van der Waals surface area contributed by atoms with E-state index in [4.69, 9.17) is 5.73 Å². The Morgan fingerprint density at radius 3 is 2.07 bits per heavy atom. The first-order valence-electron chi connectivity index (χ1n) is 4.93. The third kappa shape index (κ3) is 2.82. The Bertz CT molecular complexity index is 247. The zero-order valence-electron chi connectivity index (χ0n) is 9.10. The minimum atomic E-state index is -0.477. The Labute approximate surface area is 88.9 Å². The van der Waals surface area contributed by atoms with Gasteiger partial charge in [0.1, 0.15) is 0 Å². The summed E-state index contributed by atoms with van der Waals surface area (Å²) in [6, 6.07) is -0.477. The summed E-state index contributed by atoms with van der Waals surface area (Å²) in [5, 5.41) is 0. The fourth-order valence-corrected chi connectivity index (χ4v) is 1.53. The van der Waals surface area contributed by atoms with Gasteiger partial charge in [0.05, 0.1) is 13.2 Å². The normalized spacial score (nSPS) is 18.6. The van der Waals surface area contributed by atoms with Crippen LogP contribution in [0.15, 0.2) is 0 Å². The van der Waals surface area contributed by atoms with Crippen molar-refractivity contribution in [1.29, 1.82) is 0 Å². The first-order valence-corrected chi connectivity index (χ1v) is 4.93. The third-order valence-electron chi connectivity index (χ3n) is 2.41. The van der Waals surface area contributed by atoms with Crippen molar-refractivity contribution in [3.05, 3.63) is 0 Å². The number of amides is 2. The van der Waals surface area contributed by atoms with Crippen molar-refractivity contribution in [2.75, 3.05) is 33.3 Å². The summed E-state index contributed by atoms with van der Waals surface area (Å²) in [5.41, 5.74) is 5.49. The highest BCUT2D eigenvalue weighted by Gasteiger charge is 2.25. The lowest BCUT2D eigenvalue weighted by molar-refractivity contribution is -0.133. The van der Waals surface area contributed by atoms with Crippen molar-refractivity contribution < 1.29 is 14.3 Å². The molecule has 15 heavy (non-hydrogen) atoms. The average Bonchev–Trinajstić information content (AvgIpc) is 2.27. The first-order chi connectivity index (χ1) is 7.06. The molecular weight excluding hydrogens is 198 g/mol. The standard InChI is InChI=1S/C9H17N3O3/c1-7(10)8(13)11-3-5-12(6-4-11)9(14)15-2/h7H,3-6,10H2,1-2H3/t7-/m0/s1. The van der Waals surface area contributed by atoms with Crippen molar-refractivity contribution in [3.63, 3.8) is 0 Å². The lowest BCUT2D eigenvalue weighted by atomic mass is 10.2. The van der Waals surface area contributed by atoms with Gasteiger partial charge in [0, 0.05) is 26.2 Å². The van der Waals surface area contributed by atoms with E-state index in [1.165, 1.54) is 7.11 Å². The van der Waals surface area contributed by atoms with E-state index in [9.17, 15) is 9.59 Å². The van der Waals surface area contributed by atoms with E-state index in [1.807, 2.05) is 0 Å². The quantitative estimate of drug-likeness (QED) is 0.624. The van der Waals surface area contributed by atoms with E-state index in [0.29, 0.717) is 26.2 Å². The van der Waals surface area contributed by atoms with Gasteiger partial charge in [-0.15, -0.1) is 0 Å². The number of methoxy groups -OCH3 is 1. The number of hydrogen-bond acceptors (Lipinski definition) is 4. The number of hydrogen-bond donors (Lipinski definition) is 1. The summed E-state index contributed by atoms with van der Waals surface area (Å²) >= 11 is 0. The van der Waals surface area contributed by atoms with E-state index < -0.39 is 6.04 Å². The van der Waals surface area contributed by atoms with E-state index in [2.05, 4.69) is 4.74 Å². The van der Waals surface area contributed by atoms with Crippen molar-refractivity contribution in [2.45, 2.75) is 13.0 Å². The molecule has 0 aromatic carbocycles. The van der Waals surface area contributed by atoms with Crippen LogP contribution < -0.4 is 5.73 Å². The fraction of sp³-hybridized carbons (Fsp3) is 0.778. The molecule has 0 unspecified atom stereocenters. The van der Waals surface area contributed by atoms with Crippen LogP contribution in [0.5, 0.6) is 0 Å². The number of nitrogens with zero attached hydrogens (tertiary/aromatic N) is 2. The number of carbonyl (C=O) groups excluding carboxylic acids is 2. The second kappa shape index (κ2) is 4.97. The summed E-state index contributed by atoms with van der Waals surface area (Å²) in [5.74, 6) is -0.0699. The van der Waals surface area contributed by atoms with Gasteiger partial charge in [-0.2, -0.15) is 0 Å². The summed E-state index contributed by atoms with van der Waals surface area (Å²) in [7, 11) is 1.35. The molecule has 0 aromatic heterocycles. The molecule has 1 atom stereocenters. The van der Waals surface area contributed by atoms with Crippen molar-refractivity contribution in [2.24, 2.45) is 5.73 Å². The zero-order valence-corrected chi connectivity index (χ0v) is 9.10. The molecule has 2 N–H and O–H groups in total. The van der Waals surface area contributed by atoms with Crippen molar-refractivity contribution in [1.82, 2.24) is 9.80 Å². The van der Waals surface area contributed by atoms with E-state index in [1.54, 1.807) is 16.7 Å². The molecule has 0 bridgehead atoms. The first kappa shape index (κ1) is 11.8. The van der Waals surface area contributed by atoms with Gasteiger partial charge in [0.25, 0.3) is 0 Å². The van der Waals surface area contributed by atoms with Crippen molar-refractivity contribution in [3.8, 4) is 0 Å². The highest BCUT2D eigenvalue weighted by atomic mass is 16.5. The SMILES string of the molecule is COC(=O)N1CCN(C(=O)[C@H](C)N)CC1. The highest BCUT2D eigenvalue weighted by molar-refractivity contribution is 5.81. The van der Waals surface area contributed by atoms with Gasteiger partial charge >= 0.3 is 6.09 Å². The maximum Gasteiger partial charge on any atom is 0.409 e. The van der Waals surface area contributed by atoms with Crippen LogP contribution >= 0.6 is 0 Å². The second-order valence-electron chi connectivity index (χ2n) is 3.57. The predicted octanol–water partition coefficient (Wildman–Crippen LogP) is -0.756. The molecule has 1 fully saturated rings. The molecule has 6 heteroatoms. The number of ether oxygens (including phenoxy) is 1. The van der Waals surface area contributed by atoms with Crippen LogP contribution in [0.25, 0.3) is 0 Å². The maximum atomic E-state index is 11.5. The van der Waals surface area contributed by atoms with Crippen LogP contribution in [0, 0.1) is 0 Å².